The highest BCUT2D eigenvalue weighted by atomic mass is 15.1. The van der Waals surface area contributed by atoms with Crippen LogP contribution in [-0.2, 0) is 0 Å². The van der Waals surface area contributed by atoms with Gasteiger partial charge in [-0.1, -0.05) is 12.1 Å². The van der Waals surface area contributed by atoms with Gasteiger partial charge in [-0.3, -0.25) is 4.98 Å². The average molecular weight is 214 g/mol. The number of hydrogen-bond donors (Lipinski definition) is 0. The third-order valence-corrected chi connectivity index (χ3v) is 2.98. The predicted molar refractivity (Wildman–Crippen MR) is 70.0 cm³/mol. The minimum atomic E-state index is 1.04. The molecule has 0 aliphatic heterocycles. The molecule has 16 heavy (non-hydrogen) atoms. The summed E-state index contributed by atoms with van der Waals surface area (Å²) in [6.07, 6.45) is 1.96. The van der Waals surface area contributed by atoms with Crippen molar-refractivity contribution in [1.29, 1.82) is 0 Å². The van der Waals surface area contributed by atoms with Gasteiger partial charge in [-0.25, -0.2) is 0 Å². The summed E-state index contributed by atoms with van der Waals surface area (Å²) < 4.78 is 0. The average Bonchev–Trinajstić information content (AvgIpc) is 2.31. The number of aryl methyl sites for hydroxylation is 1. The Morgan fingerprint density at radius 3 is 2.62 bits per heavy atom. The first-order chi connectivity index (χ1) is 7.76. The first-order valence-electron chi connectivity index (χ1n) is 5.86. The Morgan fingerprint density at radius 1 is 1.19 bits per heavy atom. The second-order valence-electron chi connectivity index (χ2n) is 4.00. The van der Waals surface area contributed by atoms with Gasteiger partial charge >= 0.3 is 0 Å². The van der Waals surface area contributed by atoms with E-state index in [1.54, 1.807) is 0 Å². The number of fused-ring (bicyclic) bond motifs is 1. The maximum Gasteiger partial charge on any atom is 0.0446 e. The molecule has 0 fully saturated rings. The molecule has 84 valence electrons. The third kappa shape index (κ3) is 1.87. The third-order valence-electron chi connectivity index (χ3n) is 2.98. The summed E-state index contributed by atoms with van der Waals surface area (Å²) in [5.41, 5.74) is 2.39. The van der Waals surface area contributed by atoms with E-state index < -0.39 is 0 Å². The standard InChI is InChI=1S/C14H18N2/c1-4-16(5-2)14-8-6-7-12-10-15-11(3)9-13(12)14/h6-10H,4-5H2,1-3H3. The lowest BCUT2D eigenvalue weighted by molar-refractivity contribution is 0.870. The number of rotatable bonds is 3. The van der Waals surface area contributed by atoms with E-state index in [1.807, 2.05) is 13.1 Å². The number of pyridine rings is 1. The summed E-state index contributed by atoms with van der Waals surface area (Å²) >= 11 is 0. The summed E-state index contributed by atoms with van der Waals surface area (Å²) in [6.45, 7) is 8.50. The Balaban J connectivity index is 2.64. The topological polar surface area (TPSA) is 16.1 Å². The van der Waals surface area contributed by atoms with Crippen molar-refractivity contribution in [3.63, 3.8) is 0 Å². The lowest BCUT2D eigenvalue weighted by Crippen LogP contribution is -2.21. The molecule has 0 N–H and O–H groups in total. The van der Waals surface area contributed by atoms with Crippen LogP contribution in [0.4, 0.5) is 5.69 Å². The zero-order chi connectivity index (χ0) is 11.5. The van der Waals surface area contributed by atoms with Crippen molar-refractivity contribution in [3.05, 3.63) is 36.2 Å². The van der Waals surface area contributed by atoms with Crippen molar-refractivity contribution >= 4 is 16.5 Å². The molecule has 0 saturated carbocycles. The van der Waals surface area contributed by atoms with Crippen LogP contribution in [0.25, 0.3) is 10.8 Å². The Kier molecular flexibility index (Phi) is 3.09. The maximum atomic E-state index is 4.34. The summed E-state index contributed by atoms with van der Waals surface area (Å²) in [7, 11) is 0. The van der Waals surface area contributed by atoms with Crippen LogP contribution in [0.2, 0.25) is 0 Å². The van der Waals surface area contributed by atoms with Gasteiger partial charge in [-0.2, -0.15) is 0 Å². The van der Waals surface area contributed by atoms with Crippen molar-refractivity contribution in [3.8, 4) is 0 Å². The Labute approximate surface area is 96.9 Å². The van der Waals surface area contributed by atoms with Gasteiger partial charge in [0.2, 0.25) is 0 Å². The lowest BCUT2D eigenvalue weighted by atomic mass is 10.1. The minimum Gasteiger partial charge on any atom is -0.372 e. The zero-order valence-corrected chi connectivity index (χ0v) is 10.2. The fourth-order valence-corrected chi connectivity index (χ4v) is 2.10. The molecule has 0 radical (unpaired) electrons. The second-order valence-corrected chi connectivity index (χ2v) is 4.00. The van der Waals surface area contributed by atoms with Gasteiger partial charge in [0.15, 0.2) is 0 Å². The molecule has 1 heterocycles. The van der Waals surface area contributed by atoms with Crippen LogP contribution >= 0.6 is 0 Å². The van der Waals surface area contributed by atoms with E-state index in [9.17, 15) is 0 Å². The monoisotopic (exact) mass is 214 g/mol. The highest BCUT2D eigenvalue weighted by Crippen LogP contribution is 2.26. The lowest BCUT2D eigenvalue weighted by Gasteiger charge is -2.22. The molecule has 0 aliphatic carbocycles. The van der Waals surface area contributed by atoms with Crippen molar-refractivity contribution in [2.24, 2.45) is 0 Å². The van der Waals surface area contributed by atoms with E-state index in [2.05, 4.69) is 48.0 Å². The van der Waals surface area contributed by atoms with Crippen LogP contribution in [0, 0.1) is 6.92 Å². The van der Waals surface area contributed by atoms with E-state index in [4.69, 9.17) is 0 Å². The number of benzene rings is 1. The van der Waals surface area contributed by atoms with Gasteiger partial charge in [-0.05, 0) is 32.9 Å². The highest BCUT2D eigenvalue weighted by Gasteiger charge is 2.06. The van der Waals surface area contributed by atoms with Gasteiger partial charge in [0, 0.05) is 41.4 Å². The molecule has 0 saturated heterocycles. The molecule has 2 heteroatoms. The molecular formula is C14H18N2. The molecule has 0 aliphatic rings. The molecule has 0 unspecified atom stereocenters. The Morgan fingerprint density at radius 2 is 1.94 bits per heavy atom. The first-order valence-corrected chi connectivity index (χ1v) is 5.86. The highest BCUT2D eigenvalue weighted by molar-refractivity contribution is 5.94. The maximum absolute atomic E-state index is 4.34. The second kappa shape index (κ2) is 4.52. The molecule has 0 spiro atoms. The molecular weight excluding hydrogens is 196 g/mol. The van der Waals surface area contributed by atoms with Crippen LogP contribution in [0.3, 0.4) is 0 Å². The molecule has 1 aromatic heterocycles. The van der Waals surface area contributed by atoms with E-state index >= 15 is 0 Å². The van der Waals surface area contributed by atoms with Crippen LogP contribution in [0.5, 0.6) is 0 Å². The smallest absolute Gasteiger partial charge is 0.0446 e. The van der Waals surface area contributed by atoms with Gasteiger partial charge in [0.05, 0.1) is 0 Å². The fraction of sp³-hybridized carbons (Fsp3) is 0.357. The van der Waals surface area contributed by atoms with E-state index in [0.717, 1.165) is 18.8 Å². The SMILES string of the molecule is CCN(CC)c1cccc2cnc(C)cc12. The first kappa shape index (κ1) is 10.9. The van der Waals surface area contributed by atoms with Crippen LogP contribution in [0.1, 0.15) is 19.5 Å². The normalized spacial score (nSPS) is 10.7. The van der Waals surface area contributed by atoms with Gasteiger partial charge in [0.1, 0.15) is 0 Å². The number of aromatic nitrogens is 1. The van der Waals surface area contributed by atoms with Crippen molar-refractivity contribution in [2.45, 2.75) is 20.8 Å². The van der Waals surface area contributed by atoms with Gasteiger partial charge in [0.25, 0.3) is 0 Å². The molecule has 2 rings (SSSR count). The quantitative estimate of drug-likeness (QED) is 0.778. The minimum absolute atomic E-state index is 1.04. The molecule has 2 aromatic rings. The molecule has 1 aromatic carbocycles. The summed E-state index contributed by atoms with van der Waals surface area (Å²) in [6, 6.07) is 8.58. The van der Waals surface area contributed by atoms with Crippen molar-refractivity contribution in [2.75, 3.05) is 18.0 Å². The Hall–Kier alpha value is -1.57. The predicted octanol–water partition coefficient (Wildman–Crippen LogP) is 3.39. The number of anilines is 1. The van der Waals surface area contributed by atoms with E-state index in [-0.39, 0.29) is 0 Å². The summed E-state index contributed by atoms with van der Waals surface area (Å²) in [5.74, 6) is 0. The van der Waals surface area contributed by atoms with Gasteiger partial charge in [-0.15, -0.1) is 0 Å². The molecule has 0 bridgehead atoms. The van der Waals surface area contributed by atoms with Crippen LogP contribution in [0.15, 0.2) is 30.5 Å². The number of hydrogen-bond acceptors (Lipinski definition) is 2. The van der Waals surface area contributed by atoms with E-state index in [0.29, 0.717) is 0 Å². The Bertz CT molecular complexity index is 487. The molecule has 2 nitrogen and oxygen atoms in total. The fourth-order valence-electron chi connectivity index (χ4n) is 2.10. The number of nitrogens with zero attached hydrogens (tertiary/aromatic N) is 2. The van der Waals surface area contributed by atoms with Crippen molar-refractivity contribution in [1.82, 2.24) is 4.98 Å². The van der Waals surface area contributed by atoms with Crippen LogP contribution < -0.4 is 4.90 Å². The zero-order valence-electron chi connectivity index (χ0n) is 10.2. The van der Waals surface area contributed by atoms with Gasteiger partial charge < -0.3 is 4.90 Å². The largest absolute Gasteiger partial charge is 0.372 e. The molecule has 0 atom stereocenters. The summed E-state index contributed by atoms with van der Waals surface area (Å²) in [5, 5.41) is 2.52. The van der Waals surface area contributed by atoms with E-state index in [1.165, 1.54) is 16.5 Å². The molecule has 0 amide bonds. The van der Waals surface area contributed by atoms with Crippen molar-refractivity contribution < 1.29 is 0 Å². The van der Waals surface area contributed by atoms with Crippen LogP contribution in [-0.4, -0.2) is 18.1 Å². The summed E-state index contributed by atoms with van der Waals surface area (Å²) in [4.78, 5) is 6.72.